The third-order valence-electron chi connectivity index (χ3n) is 3.89. The number of aromatic nitrogens is 3. The predicted molar refractivity (Wildman–Crippen MR) is 106 cm³/mol. The van der Waals surface area contributed by atoms with Gasteiger partial charge in [-0.15, -0.1) is 0 Å². The van der Waals surface area contributed by atoms with Crippen molar-refractivity contribution in [2.24, 2.45) is 0 Å². The van der Waals surface area contributed by atoms with Crippen LogP contribution in [0.5, 0.6) is 0 Å². The molecule has 4 N–H and O–H groups in total. The summed E-state index contributed by atoms with van der Waals surface area (Å²) in [5.74, 6) is -1.23. The van der Waals surface area contributed by atoms with E-state index in [1.165, 1.54) is 22.9 Å². The number of benzene rings is 1. The lowest BCUT2D eigenvalue weighted by Crippen LogP contribution is -2.31. The maximum atomic E-state index is 13.5. The van der Waals surface area contributed by atoms with Crippen molar-refractivity contribution in [2.45, 2.75) is 26.4 Å². The summed E-state index contributed by atoms with van der Waals surface area (Å²) in [6, 6.07) is 8.76. The molecule has 0 saturated heterocycles. The molecule has 29 heavy (non-hydrogen) atoms. The number of pyridine rings is 1. The molecule has 0 spiro atoms. The minimum absolute atomic E-state index is 0.0354. The van der Waals surface area contributed by atoms with Crippen molar-refractivity contribution in [3.8, 4) is 5.69 Å². The van der Waals surface area contributed by atoms with E-state index in [2.05, 4.69) is 20.7 Å². The van der Waals surface area contributed by atoms with Crippen LogP contribution in [0.15, 0.2) is 48.8 Å². The molecule has 3 rings (SSSR count). The van der Waals surface area contributed by atoms with E-state index >= 15 is 0 Å². The lowest BCUT2D eigenvalue weighted by Gasteiger charge is -2.09. The van der Waals surface area contributed by atoms with Crippen LogP contribution in [0.1, 0.15) is 40.4 Å². The van der Waals surface area contributed by atoms with Gasteiger partial charge in [-0.2, -0.15) is 5.10 Å². The Morgan fingerprint density at radius 3 is 2.59 bits per heavy atom. The van der Waals surface area contributed by atoms with Crippen LogP contribution in [-0.2, 0) is 6.54 Å². The van der Waals surface area contributed by atoms with Crippen molar-refractivity contribution in [1.29, 1.82) is 0 Å². The van der Waals surface area contributed by atoms with Crippen molar-refractivity contribution in [3.05, 3.63) is 71.6 Å². The number of anilines is 1. The lowest BCUT2D eigenvalue weighted by molar-refractivity contribution is 0.0936. The summed E-state index contributed by atoms with van der Waals surface area (Å²) < 4.78 is 15.0. The average molecular weight is 396 g/mol. The predicted octanol–water partition coefficient (Wildman–Crippen LogP) is 2.06. The summed E-state index contributed by atoms with van der Waals surface area (Å²) in [7, 11) is 0. The van der Waals surface area contributed by atoms with E-state index in [9.17, 15) is 14.0 Å². The third-order valence-corrected chi connectivity index (χ3v) is 3.89. The number of halogens is 1. The summed E-state index contributed by atoms with van der Waals surface area (Å²) in [4.78, 5) is 28.5. The molecular formula is C20H21FN6O2. The highest BCUT2D eigenvalue weighted by atomic mass is 19.1. The van der Waals surface area contributed by atoms with Gasteiger partial charge in [0.2, 0.25) is 0 Å². The number of rotatable bonds is 6. The van der Waals surface area contributed by atoms with Crippen LogP contribution in [-0.4, -0.2) is 32.6 Å². The van der Waals surface area contributed by atoms with E-state index < -0.39 is 11.7 Å². The number of nitrogen functional groups attached to an aromatic ring is 1. The Morgan fingerprint density at radius 1 is 1.17 bits per heavy atom. The minimum Gasteiger partial charge on any atom is -0.399 e. The highest BCUT2D eigenvalue weighted by Gasteiger charge is 2.13. The molecule has 0 bridgehead atoms. The quantitative estimate of drug-likeness (QED) is 0.552. The first-order valence-corrected chi connectivity index (χ1v) is 8.98. The van der Waals surface area contributed by atoms with Crippen molar-refractivity contribution >= 4 is 17.5 Å². The number of hydrogen-bond acceptors (Lipinski definition) is 5. The Kier molecular flexibility index (Phi) is 5.87. The van der Waals surface area contributed by atoms with Gasteiger partial charge in [0.25, 0.3) is 11.8 Å². The molecule has 3 aromatic rings. The third kappa shape index (κ3) is 5.16. The summed E-state index contributed by atoms with van der Waals surface area (Å²) in [5, 5.41) is 9.61. The number of carbonyl (C=O) groups excluding carboxylic acids is 2. The van der Waals surface area contributed by atoms with Crippen molar-refractivity contribution < 1.29 is 14.0 Å². The fourth-order valence-corrected chi connectivity index (χ4v) is 2.62. The SMILES string of the molecule is CC(C)NC(=O)c1cccc(C(=O)NCc2cnn(-c3cc(N)cc(F)c3)c2)n1. The molecule has 0 fully saturated rings. The topological polar surface area (TPSA) is 115 Å². The number of carbonyl (C=O) groups is 2. The molecule has 0 saturated carbocycles. The van der Waals surface area contributed by atoms with E-state index in [0.717, 1.165) is 0 Å². The maximum Gasteiger partial charge on any atom is 0.270 e. The van der Waals surface area contributed by atoms with Gasteiger partial charge >= 0.3 is 0 Å². The average Bonchev–Trinajstić information content (AvgIpc) is 3.14. The van der Waals surface area contributed by atoms with Crippen molar-refractivity contribution in [1.82, 2.24) is 25.4 Å². The van der Waals surface area contributed by atoms with Gasteiger partial charge in [-0.3, -0.25) is 9.59 Å². The van der Waals surface area contributed by atoms with Gasteiger partial charge in [0, 0.05) is 30.0 Å². The molecule has 2 heterocycles. The standard InChI is InChI=1S/C20H21FN6O2/c1-12(2)25-20(29)18-5-3-4-17(26-18)19(28)23-9-13-10-24-27(11-13)16-7-14(21)6-15(22)8-16/h3-8,10-12H,9,22H2,1-2H3,(H,23,28)(H,25,29). The van der Waals surface area contributed by atoms with E-state index in [1.807, 2.05) is 13.8 Å². The number of nitrogens with zero attached hydrogens (tertiary/aromatic N) is 3. The molecule has 0 aliphatic rings. The molecule has 2 amide bonds. The normalized spacial score (nSPS) is 10.8. The fraction of sp³-hybridized carbons (Fsp3) is 0.200. The van der Waals surface area contributed by atoms with Gasteiger partial charge in [-0.05, 0) is 44.2 Å². The zero-order valence-electron chi connectivity index (χ0n) is 16.0. The molecule has 2 aromatic heterocycles. The Bertz CT molecular complexity index is 1030. The van der Waals surface area contributed by atoms with E-state index in [1.54, 1.807) is 30.6 Å². The number of amides is 2. The molecule has 1 aromatic carbocycles. The van der Waals surface area contributed by atoms with Crippen LogP contribution in [0, 0.1) is 5.82 Å². The monoisotopic (exact) mass is 396 g/mol. The molecular weight excluding hydrogens is 375 g/mol. The molecule has 0 unspecified atom stereocenters. The number of nitrogens with two attached hydrogens (primary N) is 1. The van der Waals surface area contributed by atoms with Gasteiger partial charge in [-0.25, -0.2) is 14.1 Å². The zero-order chi connectivity index (χ0) is 21.0. The fourth-order valence-electron chi connectivity index (χ4n) is 2.62. The first-order chi connectivity index (χ1) is 13.8. The first-order valence-electron chi connectivity index (χ1n) is 8.98. The number of nitrogens with one attached hydrogen (secondary N) is 2. The Labute approximate surface area is 166 Å². The van der Waals surface area contributed by atoms with E-state index in [-0.39, 0.29) is 35.6 Å². The lowest BCUT2D eigenvalue weighted by atomic mass is 10.2. The molecule has 0 aliphatic carbocycles. The summed E-state index contributed by atoms with van der Waals surface area (Å²) in [6.45, 7) is 3.87. The summed E-state index contributed by atoms with van der Waals surface area (Å²) in [6.07, 6.45) is 3.22. The second kappa shape index (κ2) is 8.51. The molecule has 150 valence electrons. The van der Waals surface area contributed by atoms with E-state index in [4.69, 9.17) is 5.73 Å². The second-order valence-corrected chi connectivity index (χ2v) is 6.75. The van der Waals surface area contributed by atoms with E-state index in [0.29, 0.717) is 11.3 Å². The van der Waals surface area contributed by atoms with Gasteiger partial charge in [0.1, 0.15) is 17.2 Å². The Hall–Kier alpha value is -3.75. The Morgan fingerprint density at radius 2 is 1.90 bits per heavy atom. The van der Waals surface area contributed by atoms with Crippen LogP contribution in [0.4, 0.5) is 10.1 Å². The van der Waals surface area contributed by atoms with Crippen LogP contribution in [0.3, 0.4) is 0 Å². The largest absolute Gasteiger partial charge is 0.399 e. The smallest absolute Gasteiger partial charge is 0.270 e. The Balaban J connectivity index is 1.66. The number of hydrogen-bond donors (Lipinski definition) is 3. The zero-order valence-corrected chi connectivity index (χ0v) is 16.0. The first kappa shape index (κ1) is 20.0. The van der Waals surface area contributed by atoms with Gasteiger partial charge in [0.15, 0.2) is 0 Å². The van der Waals surface area contributed by atoms with Crippen LogP contribution in [0.2, 0.25) is 0 Å². The second-order valence-electron chi connectivity index (χ2n) is 6.75. The van der Waals surface area contributed by atoms with Gasteiger partial charge in [0.05, 0.1) is 11.9 Å². The summed E-state index contributed by atoms with van der Waals surface area (Å²) >= 11 is 0. The summed E-state index contributed by atoms with van der Waals surface area (Å²) in [5.41, 5.74) is 7.42. The van der Waals surface area contributed by atoms with Crippen molar-refractivity contribution in [3.63, 3.8) is 0 Å². The van der Waals surface area contributed by atoms with Gasteiger partial charge in [-0.1, -0.05) is 6.07 Å². The molecule has 8 nitrogen and oxygen atoms in total. The van der Waals surface area contributed by atoms with Crippen LogP contribution < -0.4 is 16.4 Å². The van der Waals surface area contributed by atoms with Crippen LogP contribution in [0.25, 0.3) is 5.69 Å². The molecule has 0 aliphatic heterocycles. The van der Waals surface area contributed by atoms with Crippen LogP contribution >= 0.6 is 0 Å². The molecule has 9 heteroatoms. The molecule has 0 radical (unpaired) electrons. The van der Waals surface area contributed by atoms with Crippen molar-refractivity contribution in [2.75, 3.05) is 5.73 Å². The maximum absolute atomic E-state index is 13.5. The highest BCUT2D eigenvalue weighted by molar-refractivity contribution is 5.96. The highest BCUT2D eigenvalue weighted by Crippen LogP contribution is 2.15. The molecule has 0 atom stereocenters. The van der Waals surface area contributed by atoms with Gasteiger partial charge < -0.3 is 16.4 Å². The minimum atomic E-state index is -0.460.